The summed E-state index contributed by atoms with van der Waals surface area (Å²) in [6.07, 6.45) is 1.52. The summed E-state index contributed by atoms with van der Waals surface area (Å²) in [5.41, 5.74) is 2.87. The third kappa shape index (κ3) is 5.01. The van der Waals surface area contributed by atoms with Gasteiger partial charge in [-0.3, -0.25) is 4.79 Å². The van der Waals surface area contributed by atoms with E-state index in [1.165, 1.54) is 18.3 Å². The Morgan fingerprint density at radius 2 is 1.74 bits per heavy atom. The second-order valence-corrected chi connectivity index (χ2v) is 6.14. The van der Waals surface area contributed by atoms with Crippen LogP contribution >= 0.6 is 0 Å². The molecule has 0 spiro atoms. The fraction of sp³-hybridized carbons (Fsp3) is 0.150. The van der Waals surface area contributed by atoms with Crippen LogP contribution in [0.4, 0.5) is 21.7 Å². The number of nitrogens with zero attached hydrogens (tertiary/aromatic N) is 3. The molecule has 1 heterocycles. The molecule has 0 fully saturated rings. The molecule has 0 unspecified atom stereocenters. The summed E-state index contributed by atoms with van der Waals surface area (Å²) in [5, 5.41) is 5.84. The molecule has 27 heavy (non-hydrogen) atoms. The Bertz CT molecular complexity index is 910. The summed E-state index contributed by atoms with van der Waals surface area (Å²) in [6, 6.07) is 15.2. The predicted octanol–water partition coefficient (Wildman–Crippen LogP) is 3.55. The first-order valence-electron chi connectivity index (χ1n) is 8.41. The van der Waals surface area contributed by atoms with Crippen molar-refractivity contribution in [1.29, 1.82) is 0 Å². The Morgan fingerprint density at radius 1 is 1.04 bits per heavy atom. The number of aromatic nitrogens is 2. The van der Waals surface area contributed by atoms with E-state index in [4.69, 9.17) is 0 Å². The van der Waals surface area contributed by atoms with E-state index in [1.807, 2.05) is 43.3 Å². The highest BCUT2D eigenvalue weighted by Gasteiger charge is 2.09. The van der Waals surface area contributed by atoms with Crippen LogP contribution in [0.25, 0.3) is 0 Å². The van der Waals surface area contributed by atoms with Gasteiger partial charge in [0.1, 0.15) is 11.5 Å². The summed E-state index contributed by atoms with van der Waals surface area (Å²) < 4.78 is 12.9. The standard InChI is InChI=1S/C20H20FN5O/c1-26(2)17-9-7-16(8-10-17)24-19(27)18-11-12-22-20(25-18)23-13-14-3-5-15(21)6-4-14/h3-12H,13H2,1-2H3,(H,24,27)(H,22,23,25). The van der Waals surface area contributed by atoms with Crippen molar-refractivity contribution in [3.05, 3.63) is 77.9 Å². The normalized spacial score (nSPS) is 10.3. The molecule has 0 saturated carbocycles. The minimum absolute atomic E-state index is 0.253. The monoisotopic (exact) mass is 365 g/mol. The van der Waals surface area contributed by atoms with Crippen molar-refractivity contribution in [3.8, 4) is 0 Å². The van der Waals surface area contributed by atoms with Crippen molar-refractivity contribution in [1.82, 2.24) is 9.97 Å². The van der Waals surface area contributed by atoms with E-state index in [9.17, 15) is 9.18 Å². The van der Waals surface area contributed by atoms with E-state index < -0.39 is 0 Å². The topological polar surface area (TPSA) is 70.2 Å². The van der Waals surface area contributed by atoms with Gasteiger partial charge in [0.2, 0.25) is 5.95 Å². The maximum absolute atomic E-state index is 12.9. The quantitative estimate of drug-likeness (QED) is 0.699. The number of amides is 1. The molecule has 138 valence electrons. The highest BCUT2D eigenvalue weighted by molar-refractivity contribution is 6.03. The van der Waals surface area contributed by atoms with Gasteiger partial charge in [-0.25, -0.2) is 14.4 Å². The second-order valence-electron chi connectivity index (χ2n) is 6.14. The van der Waals surface area contributed by atoms with Crippen LogP contribution < -0.4 is 15.5 Å². The molecule has 0 bridgehead atoms. The van der Waals surface area contributed by atoms with Gasteiger partial charge in [0.05, 0.1) is 0 Å². The van der Waals surface area contributed by atoms with Crippen molar-refractivity contribution in [2.45, 2.75) is 6.54 Å². The SMILES string of the molecule is CN(C)c1ccc(NC(=O)c2ccnc(NCc3ccc(F)cc3)n2)cc1. The lowest BCUT2D eigenvalue weighted by atomic mass is 10.2. The lowest BCUT2D eigenvalue weighted by Crippen LogP contribution is -2.15. The lowest BCUT2D eigenvalue weighted by Gasteiger charge is -2.13. The molecule has 0 radical (unpaired) electrons. The average Bonchev–Trinajstić information content (AvgIpc) is 2.68. The van der Waals surface area contributed by atoms with Gasteiger partial charge in [0, 0.05) is 38.2 Å². The third-order valence-electron chi connectivity index (χ3n) is 3.89. The minimum Gasteiger partial charge on any atom is -0.378 e. The summed E-state index contributed by atoms with van der Waals surface area (Å²) in [7, 11) is 3.91. The van der Waals surface area contributed by atoms with Gasteiger partial charge >= 0.3 is 0 Å². The van der Waals surface area contributed by atoms with Crippen LogP contribution in [0, 0.1) is 5.82 Å². The molecule has 0 saturated heterocycles. The number of hydrogen-bond donors (Lipinski definition) is 2. The molecule has 3 rings (SSSR count). The minimum atomic E-state index is -0.320. The number of rotatable bonds is 6. The number of anilines is 3. The molecular weight excluding hydrogens is 345 g/mol. The fourth-order valence-electron chi connectivity index (χ4n) is 2.39. The first-order valence-corrected chi connectivity index (χ1v) is 8.41. The lowest BCUT2D eigenvalue weighted by molar-refractivity contribution is 0.102. The Hall–Kier alpha value is -3.48. The number of halogens is 1. The van der Waals surface area contributed by atoms with Crippen molar-refractivity contribution in [3.63, 3.8) is 0 Å². The Labute approximate surface area is 157 Å². The number of nitrogens with one attached hydrogen (secondary N) is 2. The van der Waals surface area contributed by atoms with Gasteiger partial charge in [-0.05, 0) is 48.0 Å². The molecule has 6 nitrogen and oxygen atoms in total. The van der Waals surface area contributed by atoms with Gasteiger partial charge in [-0.15, -0.1) is 0 Å². The third-order valence-corrected chi connectivity index (χ3v) is 3.89. The largest absolute Gasteiger partial charge is 0.378 e. The predicted molar refractivity (Wildman–Crippen MR) is 104 cm³/mol. The molecule has 2 aromatic carbocycles. The average molecular weight is 365 g/mol. The van der Waals surface area contributed by atoms with E-state index in [-0.39, 0.29) is 17.4 Å². The van der Waals surface area contributed by atoms with Crippen LogP contribution in [0.1, 0.15) is 16.1 Å². The van der Waals surface area contributed by atoms with Crippen LogP contribution in [-0.2, 0) is 6.54 Å². The molecule has 0 aliphatic heterocycles. The molecule has 0 aliphatic carbocycles. The molecule has 2 N–H and O–H groups in total. The molecule has 0 atom stereocenters. The maximum atomic E-state index is 12.9. The fourth-order valence-corrected chi connectivity index (χ4v) is 2.39. The van der Waals surface area contributed by atoms with Crippen LogP contribution in [-0.4, -0.2) is 30.0 Å². The molecule has 3 aromatic rings. The van der Waals surface area contributed by atoms with E-state index in [0.717, 1.165) is 11.3 Å². The van der Waals surface area contributed by atoms with Gasteiger partial charge in [-0.1, -0.05) is 12.1 Å². The van der Waals surface area contributed by atoms with Gasteiger partial charge in [0.25, 0.3) is 5.91 Å². The first kappa shape index (κ1) is 18.3. The van der Waals surface area contributed by atoms with Gasteiger partial charge in [-0.2, -0.15) is 0 Å². The Balaban J connectivity index is 1.63. The van der Waals surface area contributed by atoms with E-state index >= 15 is 0 Å². The summed E-state index contributed by atoms with van der Waals surface area (Å²) >= 11 is 0. The van der Waals surface area contributed by atoms with E-state index in [2.05, 4.69) is 20.6 Å². The van der Waals surface area contributed by atoms with E-state index in [0.29, 0.717) is 18.2 Å². The Morgan fingerprint density at radius 3 is 2.41 bits per heavy atom. The van der Waals surface area contributed by atoms with Crippen molar-refractivity contribution in [2.75, 3.05) is 29.6 Å². The van der Waals surface area contributed by atoms with Crippen LogP contribution in [0.3, 0.4) is 0 Å². The van der Waals surface area contributed by atoms with Crippen molar-refractivity contribution < 1.29 is 9.18 Å². The van der Waals surface area contributed by atoms with Gasteiger partial charge < -0.3 is 15.5 Å². The number of carbonyl (C=O) groups is 1. The van der Waals surface area contributed by atoms with Crippen LogP contribution in [0.2, 0.25) is 0 Å². The highest BCUT2D eigenvalue weighted by Crippen LogP contribution is 2.16. The summed E-state index contributed by atoms with van der Waals surface area (Å²) in [5.74, 6) is -0.276. The number of benzene rings is 2. The highest BCUT2D eigenvalue weighted by atomic mass is 19.1. The van der Waals surface area contributed by atoms with E-state index in [1.54, 1.807) is 18.2 Å². The molecule has 0 aliphatic rings. The maximum Gasteiger partial charge on any atom is 0.274 e. The second kappa shape index (κ2) is 8.27. The zero-order valence-corrected chi connectivity index (χ0v) is 15.1. The molecular formula is C20H20FN5O. The number of carbonyl (C=O) groups excluding carboxylic acids is 1. The molecule has 7 heteroatoms. The number of hydrogen-bond acceptors (Lipinski definition) is 5. The summed E-state index contributed by atoms with van der Waals surface area (Å²) in [4.78, 5) is 22.7. The molecule has 1 amide bonds. The van der Waals surface area contributed by atoms with Crippen molar-refractivity contribution in [2.24, 2.45) is 0 Å². The zero-order chi connectivity index (χ0) is 19.2. The van der Waals surface area contributed by atoms with Crippen molar-refractivity contribution >= 4 is 23.2 Å². The summed E-state index contributed by atoms with van der Waals surface area (Å²) in [6.45, 7) is 0.428. The van der Waals surface area contributed by atoms with Crippen LogP contribution in [0.5, 0.6) is 0 Å². The zero-order valence-electron chi connectivity index (χ0n) is 15.1. The Kier molecular flexibility index (Phi) is 5.61. The van der Waals surface area contributed by atoms with Crippen LogP contribution in [0.15, 0.2) is 60.8 Å². The molecule has 1 aromatic heterocycles. The first-order chi connectivity index (χ1) is 13.0. The smallest absolute Gasteiger partial charge is 0.274 e. The van der Waals surface area contributed by atoms with Gasteiger partial charge in [0.15, 0.2) is 0 Å².